The number of benzene rings is 1. The molecular formula is C14H15BrFNO3. The van der Waals surface area contributed by atoms with Crippen LogP contribution in [0.2, 0.25) is 0 Å². The highest BCUT2D eigenvalue weighted by molar-refractivity contribution is 9.10. The Morgan fingerprint density at radius 1 is 1.45 bits per heavy atom. The molecule has 108 valence electrons. The van der Waals surface area contributed by atoms with Crippen molar-refractivity contribution >= 4 is 27.8 Å². The van der Waals surface area contributed by atoms with Gasteiger partial charge < -0.3 is 10.4 Å². The first kappa shape index (κ1) is 15.0. The maximum atomic E-state index is 13.3. The van der Waals surface area contributed by atoms with Gasteiger partial charge in [0.1, 0.15) is 5.82 Å². The van der Waals surface area contributed by atoms with Gasteiger partial charge in [-0.15, -0.1) is 0 Å². The number of hydrogen-bond acceptors (Lipinski definition) is 2. The number of aliphatic carboxylic acids is 1. The van der Waals surface area contributed by atoms with E-state index in [0.717, 1.165) is 12.5 Å². The first-order valence-corrected chi connectivity index (χ1v) is 7.12. The molecule has 0 spiro atoms. The minimum absolute atomic E-state index is 0.177. The molecule has 1 amide bonds. The smallest absolute Gasteiger partial charge is 0.311 e. The van der Waals surface area contributed by atoms with Crippen LogP contribution in [-0.4, -0.2) is 23.0 Å². The van der Waals surface area contributed by atoms with Gasteiger partial charge in [0, 0.05) is 16.1 Å². The van der Waals surface area contributed by atoms with E-state index in [9.17, 15) is 19.1 Å². The van der Waals surface area contributed by atoms with Crippen LogP contribution in [0.5, 0.6) is 0 Å². The second-order valence-corrected chi connectivity index (χ2v) is 6.21. The fraction of sp³-hybridized carbons (Fsp3) is 0.429. The molecule has 1 fully saturated rings. The zero-order valence-electron chi connectivity index (χ0n) is 11.0. The van der Waals surface area contributed by atoms with Crippen LogP contribution in [0.4, 0.5) is 4.39 Å². The molecule has 1 aliphatic rings. The molecule has 1 saturated carbocycles. The number of nitrogens with one attached hydrogen (secondary N) is 1. The van der Waals surface area contributed by atoms with Gasteiger partial charge in [0.25, 0.3) is 5.91 Å². The third kappa shape index (κ3) is 2.85. The van der Waals surface area contributed by atoms with Gasteiger partial charge in [-0.25, -0.2) is 4.39 Å². The Morgan fingerprint density at radius 2 is 2.15 bits per heavy atom. The quantitative estimate of drug-likeness (QED) is 0.886. The first-order chi connectivity index (χ1) is 9.33. The summed E-state index contributed by atoms with van der Waals surface area (Å²) < 4.78 is 13.7. The Hall–Kier alpha value is -1.43. The highest BCUT2D eigenvalue weighted by atomic mass is 79.9. The molecule has 6 heteroatoms. The number of amides is 1. The molecule has 0 bridgehead atoms. The van der Waals surface area contributed by atoms with Crippen molar-refractivity contribution in [3.63, 3.8) is 0 Å². The van der Waals surface area contributed by atoms with Crippen molar-refractivity contribution in [1.82, 2.24) is 5.32 Å². The average Bonchev–Trinajstić information content (AvgIpc) is 2.71. The lowest BCUT2D eigenvalue weighted by atomic mass is 9.85. The Kier molecular flexibility index (Phi) is 4.13. The van der Waals surface area contributed by atoms with Crippen molar-refractivity contribution in [3.05, 3.63) is 34.1 Å². The maximum Gasteiger partial charge on any atom is 0.311 e. The Bertz CT molecular complexity index is 543. The summed E-state index contributed by atoms with van der Waals surface area (Å²) in [7, 11) is 0. The number of carboxylic acids is 1. The zero-order chi connectivity index (χ0) is 14.9. The molecular weight excluding hydrogens is 329 g/mol. The normalized spacial score (nSPS) is 25.4. The molecule has 0 aromatic heterocycles. The minimum Gasteiger partial charge on any atom is -0.481 e. The standard InChI is InChI=1S/C14H15BrFNO3/c1-14(13(19)20)4-2-3-11(14)17-12(18)8-5-9(15)7-10(16)6-8/h5-7,11H,2-4H2,1H3,(H,17,18)(H,19,20). The lowest BCUT2D eigenvalue weighted by Crippen LogP contribution is -2.47. The van der Waals surface area contributed by atoms with E-state index >= 15 is 0 Å². The average molecular weight is 344 g/mol. The van der Waals surface area contributed by atoms with E-state index in [1.54, 1.807) is 6.92 Å². The Balaban J connectivity index is 2.17. The number of hydrogen-bond donors (Lipinski definition) is 2. The highest BCUT2D eigenvalue weighted by Crippen LogP contribution is 2.38. The van der Waals surface area contributed by atoms with Gasteiger partial charge in [0.2, 0.25) is 0 Å². The van der Waals surface area contributed by atoms with Crippen LogP contribution >= 0.6 is 15.9 Å². The van der Waals surface area contributed by atoms with E-state index in [-0.39, 0.29) is 5.56 Å². The van der Waals surface area contributed by atoms with Crippen LogP contribution in [0.3, 0.4) is 0 Å². The van der Waals surface area contributed by atoms with Crippen molar-refractivity contribution in [1.29, 1.82) is 0 Å². The molecule has 2 unspecified atom stereocenters. The van der Waals surface area contributed by atoms with Crippen LogP contribution in [0, 0.1) is 11.2 Å². The minimum atomic E-state index is -0.958. The molecule has 2 N–H and O–H groups in total. The molecule has 4 nitrogen and oxygen atoms in total. The number of carboxylic acid groups (broad SMARTS) is 1. The summed E-state index contributed by atoms with van der Waals surface area (Å²) in [4.78, 5) is 23.5. The van der Waals surface area contributed by atoms with E-state index in [1.807, 2.05) is 0 Å². The van der Waals surface area contributed by atoms with E-state index in [0.29, 0.717) is 17.3 Å². The molecule has 1 aromatic carbocycles. The fourth-order valence-electron chi connectivity index (χ4n) is 2.58. The van der Waals surface area contributed by atoms with Crippen molar-refractivity contribution < 1.29 is 19.1 Å². The van der Waals surface area contributed by atoms with Crippen molar-refractivity contribution in [2.45, 2.75) is 32.2 Å². The summed E-state index contributed by atoms with van der Waals surface area (Å²) in [5, 5.41) is 12.0. The molecule has 0 radical (unpaired) electrons. The van der Waals surface area contributed by atoms with E-state index < -0.39 is 29.2 Å². The Labute approximate surface area is 124 Å². The van der Waals surface area contributed by atoms with E-state index in [1.165, 1.54) is 12.1 Å². The van der Waals surface area contributed by atoms with Crippen molar-refractivity contribution in [2.75, 3.05) is 0 Å². The predicted octanol–water partition coefficient (Wildman–Crippen LogP) is 2.96. The Morgan fingerprint density at radius 3 is 2.75 bits per heavy atom. The van der Waals surface area contributed by atoms with Gasteiger partial charge in [-0.2, -0.15) is 0 Å². The second-order valence-electron chi connectivity index (χ2n) is 5.30. The summed E-state index contributed by atoms with van der Waals surface area (Å²) in [6.07, 6.45) is 1.89. The van der Waals surface area contributed by atoms with Gasteiger partial charge in [-0.1, -0.05) is 22.4 Å². The van der Waals surface area contributed by atoms with Crippen LogP contribution in [0.15, 0.2) is 22.7 Å². The monoisotopic (exact) mass is 343 g/mol. The molecule has 0 saturated heterocycles. The largest absolute Gasteiger partial charge is 0.481 e. The maximum absolute atomic E-state index is 13.3. The lowest BCUT2D eigenvalue weighted by Gasteiger charge is -2.27. The van der Waals surface area contributed by atoms with Gasteiger partial charge in [0.05, 0.1) is 5.41 Å². The summed E-state index contributed by atoms with van der Waals surface area (Å²) in [6.45, 7) is 1.63. The van der Waals surface area contributed by atoms with Gasteiger partial charge >= 0.3 is 5.97 Å². The molecule has 20 heavy (non-hydrogen) atoms. The predicted molar refractivity (Wildman–Crippen MR) is 74.9 cm³/mol. The third-order valence-corrected chi connectivity index (χ3v) is 4.33. The number of carbonyl (C=O) groups excluding carboxylic acids is 1. The van der Waals surface area contributed by atoms with Gasteiger partial charge in [-0.05, 0) is 38.0 Å². The first-order valence-electron chi connectivity index (χ1n) is 6.33. The third-order valence-electron chi connectivity index (χ3n) is 3.88. The molecule has 2 rings (SSSR count). The van der Waals surface area contributed by atoms with E-state index in [2.05, 4.69) is 21.2 Å². The fourth-order valence-corrected chi connectivity index (χ4v) is 3.05. The highest BCUT2D eigenvalue weighted by Gasteiger charge is 2.45. The number of rotatable bonds is 3. The van der Waals surface area contributed by atoms with Crippen molar-refractivity contribution in [2.24, 2.45) is 5.41 Å². The molecule has 2 atom stereocenters. The lowest BCUT2D eigenvalue weighted by molar-refractivity contribution is -0.148. The number of carbonyl (C=O) groups is 2. The topological polar surface area (TPSA) is 66.4 Å². The molecule has 0 heterocycles. The second kappa shape index (κ2) is 5.52. The summed E-state index contributed by atoms with van der Waals surface area (Å²) in [5.41, 5.74) is -0.781. The van der Waals surface area contributed by atoms with Crippen LogP contribution in [0.1, 0.15) is 36.5 Å². The van der Waals surface area contributed by atoms with Crippen LogP contribution < -0.4 is 5.32 Å². The number of halogens is 2. The summed E-state index contributed by atoms with van der Waals surface area (Å²) in [5.74, 6) is -1.89. The SMILES string of the molecule is CC1(C(=O)O)CCCC1NC(=O)c1cc(F)cc(Br)c1. The summed E-state index contributed by atoms with van der Waals surface area (Å²) >= 11 is 3.13. The van der Waals surface area contributed by atoms with Gasteiger partial charge in [-0.3, -0.25) is 9.59 Å². The molecule has 0 aliphatic heterocycles. The zero-order valence-corrected chi connectivity index (χ0v) is 12.5. The molecule has 1 aromatic rings. The van der Waals surface area contributed by atoms with E-state index in [4.69, 9.17) is 0 Å². The van der Waals surface area contributed by atoms with Crippen LogP contribution in [0.25, 0.3) is 0 Å². The van der Waals surface area contributed by atoms with Gasteiger partial charge in [0.15, 0.2) is 0 Å². The van der Waals surface area contributed by atoms with Crippen molar-refractivity contribution in [3.8, 4) is 0 Å². The van der Waals surface area contributed by atoms with Crippen LogP contribution in [-0.2, 0) is 4.79 Å². The molecule has 1 aliphatic carbocycles. The summed E-state index contributed by atoms with van der Waals surface area (Å²) in [6, 6.07) is 3.46.